The number of aliphatic hydroxyl groups is 1. The van der Waals surface area contributed by atoms with Crippen LogP contribution in [0.5, 0.6) is 0 Å². The van der Waals surface area contributed by atoms with Gasteiger partial charge in [-0.1, -0.05) is 0 Å². The van der Waals surface area contributed by atoms with E-state index >= 15 is 0 Å². The van der Waals surface area contributed by atoms with Crippen LogP contribution in [0.2, 0.25) is 0 Å². The normalized spacial score (nSPS) is 13.1. The van der Waals surface area contributed by atoms with Crippen molar-refractivity contribution in [1.29, 1.82) is 0 Å². The highest BCUT2D eigenvalue weighted by molar-refractivity contribution is 5.81. The van der Waals surface area contributed by atoms with Gasteiger partial charge in [0.05, 0.1) is 25.6 Å². The summed E-state index contributed by atoms with van der Waals surface area (Å²) >= 11 is 0. The smallest absolute Gasteiger partial charge is 0.165 e. The zero-order chi connectivity index (χ0) is 11.5. The molecular formula is C9H13N5O2. The molecule has 0 aliphatic heterocycles. The highest BCUT2D eigenvalue weighted by Crippen LogP contribution is 2.14. The number of fused-ring (bicyclic) bond motifs is 1. The fourth-order valence-corrected chi connectivity index (χ4v) is 1.46. The summed E-state index contributed by atoms with van der Waals surface area (Å²) in [6, 6.07) is 0. The number of nitrogen functional groups attached to an aromatic ring is 1. The molecule has 3 N–H and O–H groups in total. The number of methoxy groups -OCH3 is 1. The third kappa shape index (κ3) is 1.82. The van der Waals surface area contributed by atoms with E-state index in [9.17, 15) is 0 Å². The van der Waals surface area contributed by atoms with Crippen molar-refractivity contribution in [3.63, 3.8) is 0 Å². The predicted molar refractivity (Wildman–Crippen MR) is 57.6 cm³/mol. The molecule has 2 heterocycles. The highest BCUT2D eigenvalue weighted by Gasteiger charge is 2.12. The van der Waals surface area contributed by atoms with Crippen molar-refractivity contribution in [3.05, 3.63) is 12.7 Å². The minimum atomic E-state index is -0.284. The van der Waals surface area contributed by atoms with Crippen LogP contribution in [0.3, 0.4) is 0 Å². The lowest BCUT2D eigenvalue weighted by Crippen LogP contribution is -2.22. The van der Waals surface area contributed by atoms with E-state index in [1.54, 1.807) is 18.0 Å². The molecule has 0 fully saturated rings. The molecule has 7 heteroatoms. The van der Waals surface area contributed by atoms with Gasteiger partial charge in [-0.05, 0) is 0 Å². The molecule has 0 spiro atoms. The first-order valence-corrected chi connectivity index (χ1v) is 4.81. The van der Waals surface area contributed by atoms with Crippen LogP contribution in [0.25, 0.3) is 11.2 Å². The van der Waals surface area contributed by atoms with Gasteiger partial charge >= 0.3 is 0 Å². The molecular weight excluding hydrogens is 210 g/mol. The summed E-state index contributed by atoms with van der Waals surface area (Å²) in [4.78, 5) is 12.1. The predicted octanol–water partition coefficient (Wildman–Crippen LogP) is -0.584. The van der Waals surface area contributed by atoms with E-state index in [1.165, 1.54) is 6.33 Å². The molecule has 0 radical (unpaired) electrons. The maximum atomic E-state index is 9.04. The van der Waals surface area contributed by atoms with E-state index in [0.717, 1.165) is 0 Å². The summed E-state index contributed by atoms with van der Waals surface area (Å²) in [7, 11) is 1.54. The van der Waals surface area contributed by atoms with Crippen molar-refractivity contribution >= 4 is 17.0 Å². The van der Waals surface area contributed by atoms with Crippen LogP contribution in [0.1, 0.15) is 0 Å². The van der Waals surface area contributed by atoms with Crippen LogP contribution >= 0.6 is 0 Å². The summed E-state index contributed by atoms with van der Waals surface area (Å²) in [5.41, 5.74) is 6.86. The van der Waals surface area contributed by atoms with Crippen LogP contribution in [-0.4, -0.2) is 44.4 Å². The molecule has 2 rings (SSSR count). The molecule has 0 aliphatic carbocycles. The second-order valence-corrected chi connectivity index (χ2v) is 3.37. The zero-order valence-corrected chi connectivity index (χ0v) is 8.87. The second kappa shape index (κ2) is 4.42. The Morgan fingerprint density at radius 2 is 2.31 bits per heavy atom. The van der Waals surface area contributed by atoms with Gasteiger partial charge < -0.3 is 20.1 Å². The number of nitrogens with two attached hydrogens (primary N) is 1. The van der Waals surface area contributed by atoms with Gasteiger partial charge in [0, 0.05) is 7.11 Å². The van der Waals surface area contributed by atoms with Gasteiger partial charge in [0.2, 0.25) is 0 Å². The van der Waals surface area contributed by atoms with Gasteiger partial charge in [-0.2, -0.15) is 0 Å². The monoisotopic (exact) mass is 223 g/mol. The molecule has 2 aromatic rings. The maximum Gasteiger partial charge on any atom is 0.165 e. The van der Waals surface area contributed by atoms with Gasteiger partial charge in [0.25, 0.3) is 0 Å². The molecule has 7 nitrogen and oxygen atoms in total. The molecule has 0 aromatic carbocycles. The third-order valence-corrected chi connectivity index (χ3v) is 2.37. The lowest BCUT2D eigenvalue weighted by molar-refractivity contribution is 0.0379. The number of hydrogen-bond acceptors (Lipinski definition) is 6. The Hall–Kier alpha value is -1.73. The highest BCUT2D eigenvalue weighted by atomic mass is 16.5. The van der Waals surface area contributed by atoms with E-state index in [1.807, 2.05) is 0 Å². The number of ether oxygens (including phenoxy) is 1. The van der Waals surface area contributed by atoms with Crippen LogP contribution < -0.4 is 5.73 Å². The lowest BCUT2D eigenvalue weighted by atomic mass is 10.3. The van der Waals surface area contributed by atoms with Crippen molar-refractivity contribution in [2.75, 3.05) is 19.5 Å². The first-order valence-electron chi connectivity index (χ1n) is 4.81. The maximum absolute atomic E-state index is 9.04. The summed E-state index contributed by atoms with van der Waals surface area (Å²) in [6.45, 7) is 0.413. The Bertz CT molecular complexity index is 480. The summed E-state index contributed by atoms with van der Waals surface area (Å²) in [6.07, 6.45) is 2.71. The molecule has 0 bridgehead atoms. The van der Waals surface area contributed by atoms with Gasteiger partial charge in [0.15, 0.2) is 11.5 Å². The van der Waals surface area contributed by atoms with Crippen molar-refractivity contribution < 1.29 is 9.84 Å². The SMILES string of the molecule is CO[C@H](CO)Cn1cnc2c(N)ncnc21. The number of nitrogens with zero attached hydrogens (tertiary/aromatic N) is 4. The van der Waals surface area contributed by atoms with E-state index in [2.05, 4.69) is 15.0 Å². The number of aromatic nitrogens is 4. The van der Waals surface area contributed by atoms with E-state index in [4.69, 9.17) is 15.6 Å². The van der Waals surface area contributed by atoms with Crippen LogP contribution in [0.4, 0.5) is 5.82 Å². The Morgan fingerprint density at radius 1 is 1.50 bits per heavy atom. The van der Waals surface area contributed by atoms with Crippen molar-refractivity contribution in [2.24, 2.45) is 0 Å². The molecule has 0 amide bonds. The van der Waals surface area contributed by atoms with Gasteiger partial charge in [-0.3, -0.25) is 0 Å². The average molecular weight is 223 g/mol. The van der Waals surface area contributed by atoms with Crippen molar-refractivity contribution in [2.45, 2.75) is 12.6 Å². The molecule has 0 unspecified atom stereocenters. The molecule has 0 saturated carbocycles. The Kier molecular flexibility index (Phi) is 2.97. The molecule has 0 saturated heterocycles. The summed E-state index contributed by atoms with van der Waals surface area (Å²) in [5, 5.41) is 9.04. The first kappa shape index (κ1) is 10.8. The topological polar surface area (TPSA) is 99.1 Å². The fraction of sp³-hybridized carbons (Fsp3) is 0.444. The standard InChI is InChI=1S/C9H13N5O2/c1-16-6(3-15)2-14-5-13-7-8(10)11-4-12-9(7)14/h4-6,15H,2-3H2,1H3,(H2,10,11,12)/t6-/m0/s1. The van der Waals surface area contributed by atoms with E-state index in [-0.39, 0.29) is 12.7 Å². The Balaban J connectivity index is 2.35. The zero-order valence-electron chi connectivity index (χ0n) is 8.87. The molecule has 0 aliphatic rings. The number of rotatable bonds is 4. The molecule has 1 atom stereocenters. The van der Waals surface area contributed by atoms with Crippen molar-refractivity contribution in [1.82, 2.24) is 19.5 Å². The van der Waals surface area contributed by atoms with Gasteiger partial charge in [-0.15, -0.1) is 0 Å². The average Bonchev–Trinajstić information content (AvgIpc) is 2.71. The van der Waals surface area contributed by atoms with Crippen LogP contribution in [-0.2, 0) is 11.3 Å². The molecule has 2 aromatic heterocycles. The first-order chi connectivity index (χ1) is 7.76. The Labute approximate surface area is 91.9 Å². The second-order valence-electron chi connectivity index (χ2n) is 3.37. The summed E-state index contributed by atoms with van der Waals surface area (Å²) < 4.78 is 6.85. The number of imidazole rings is 1. The van der Waals surface area contributed by atoms with E-state index in [0.29, 0.717) is 23.5 Å². The Morgan fingerprint density at radius 3 is 3.00 bits per heavy atom. The molecule has 16 heavy (non-hydrogen) atoms. The number of anilines is 1. The number of hydrogen-bond donors (Lipinski definition) is 2. The minimum Gasteiger partial charge on any atom is -0.394 e. The molecule has 86 valence electrons. The summed E-state index contributed by atoms with van der Waals surface area (Å²) in [5.74, 6) is 0.349. The third-order valence-electron chi connectivity index (χ3n) is 2.37. The van der Waals surface area contributed by atoms with Gasteiger partial charge in [0.1, 0.15) is 11.8 Å². The van der Waals surface area contributed by atoms with Crippen LogP contribution in [0.15, 0.2) is 12.7 Å². The van der Waals surface area contributed by atoms with Crippen LogP contribution in [0, 0.1) is 0 Å². The van der Waals surface area contributed by atoms with E-state index < -0.39 is 0 Å². The van der Waals surface area contributed by atoms with Gasteiger partial charge in [-0.25, -0.2) is 15.0 Å². The minimum absolute atomic E-state index is 0.0588. The fourth-order valence-electron chi connectivity index (χ4n) is 1.46. The lowest BCUT2D eigenvalue weighted by Gasteiger charge is -2.12. The number of aliphatic hydroxyl groups excluding tert-OH is 1. The van der Waals surface area contributed by atoms with Crippen molar-refractivity contribution in [3.8, 4) is 0 Å². The quantitative estimate of drug-likeness (QED) is 0.719. The largest absolute Gasteiger partial charge is 0.394 e.